The molecular formula is C14H22Cl2N2O2Pt. The van der Waals surface area contributed by atoms with Gasteiger partial charge in [-0.05, 0) is 25.7 Å². The SMILES string of the molecule is N#CC1CCCCC1O.N#C[C@@H]1CCCC[C@@H]1O.[Cl][Pt][Cl]. The molecule has 4 atom stereocenters. The van der Waals surface area contributed by atoms with Gasteiger partial charge in [0.15, 0.2) is 0 Å². The number of hydrogen-bond acceptors (Lipinski definition) is 4. The van der Waals surface area contributed by atoms with Crippen LogP contribution in [0.3, 0.4) is 0 Å². The normalized spacial score (nSPS) is 31.5. The van der Waals surface area contributed by atoms with E-state index >= 15 is 0 Å². The Morgan fingerprint density at radius 3 is 1.24 bits per heavy atom. The van der Waals surface area contributed by atoms with Crippen molar-refractivity contribution in [1.82, 2.24) is 0 Å². The molecule has 2 N–H and O–H groups in total. The van der Waals surface area contributed by atoms with Crippen LogP contribution in [0.1, 0.15) is 51.4 Å². The molecule has 2 unspecified atom stereocenters. The minimum absolute atomic E-state index is 0.0845. The summed E-state index contributed by atoms with van der Waals surface area (Å²) in [4.78, 5) is 0. The zero-order valence-corrected chi connectivity index (χ0v) is 15.6. The van der Waals surface area contributed by atoms with Crippen molar-refractivity contribution in [2.45, 2.75) is 63.6 Å². The third kappa shape index (κ3) is 9.72. The number of rotatable bonds is 0. The van der Waals surface area contributed by atoms with E-state index in [0.717, 1.165) is 51.4 Å². The predicted octanol–water partition coefficient (Wildman–Crippen LogP) is 3.50. The molecule has 0 aromatic carbocycles. The number of hydrogen-bond donors (Lipinski definition) is 2. The van der Waals surface area contributed by atoms with Gasteiger partial charge in [-0.2, -0.15) is 10.5 Å². The molecule has 2 saturated carbocycles. The summed E-state index contributed by atoms with van der Waals surface area (Å²) in [7, 11) is 9.75. The second-order valence-corrected chi connectivity index (χ2v) is 8.50. The van der Waals surface area contributed by atoms with Crippen LogP contribution in [-0.2, 0) is 16.5 Å². The first-order chi connectivity index (χ1) is 10.1. The fraction of sp³-hybridized carbons (Fsp3) is 0.857. The Balaban J connectivity index is 0.000000322. The van der Waals surface area contributed by atoms with Crippen LogP contribution in [-0.4, -0.2) is 22.4 Å². The second kappa shape index (κ2) is 13.8. The van der Waals surface area contributed by atoms with Crippen molar-refractivity contribution in [3.8, 4) is 12.1 Å². The van der Waals surface area contributed by atoms with Crippen molar-refractivity contribution in [3.63, 3.8) is 0 Å². The Bertz CT molecular complexity index is 315. The third-order valence-electron chi connectivity index (χ3n) is 3.79. The standard InChI is InChI=1S/2C7H11NO.2ClH.Pt/c2*8-5-6-3-1-2-4-7(6)9;;;/h2*6-7,9H,1-4H2;2*1H;/q;;;;+2/p-2/t6-,7-;;;;/m0..../s1. The number of nitrogens with zero attached hydrogens (tertiary/aromatic N) is 2. The maximum atomic E-state index is 9.15. The van der Waals surface area contributed by atoms with Gasteiger partial charge < -0.3 is 10.2 Å². The van der Waals surface area contributed by atoms with Crippen LogP contribution in [0.25, 0.3) is 0 Å². The summed E-state index contributed by atoms with van der Waals surface area (Å²) in [6.45, 7) is 0. The molecule has 21 heavy (non-hydrogen) atoms. The average molecular weight is 516 g/mol. The molecule has 0 aromatic rings. The predicted molar refractivity (Wildman–Crippen MR) is 78.9 cm³/mol. The molecule has 0 aromatic heterocycles. The van der Waals surface area contributed by atoms with Crippen LogP contribution in [0.15, 0.2) is 0 Å². The van der Waals surface area contributed by atoms with E-state index in [2.05, 4.69) is 12.1 Å². The van der Waals surface area contributed by atoms with E-state index in [1.807, 2.05) is 0 Å². The van der Waals surface area contributed by atoms with Crippen LogP contribution in [0, 0.1) is 34.5 Å². The zero-order valence-electron chi connectivity index (χ0n) is 11.8. The molecule has 124 valence electrons. The summed E-state index contributed by atoms with van der Waals surface area (Å²) in [5, 5.41) is 35.2. The molecule has 2 aliphatic rings. The average Bonchev–Trinajstić information content (AvgIpc) is 2.50. The Morgan fingerprint density at radius 2 is 1.05 bits per heavy atom. The zero-order chi connectivity index (χ0) is 16.1. The molecule has 0 radical (unpaired) electrons. The summed E-state index contributed by atoms with van der Waals surface area (Å²) in [5.74, 6) is -0.169. The van der Waals surface area contributed by atoms with E-state index < -0.39 is 16.5 Å². The van der Waals surface area contributed by atoms with Crippen molar-refractivity contribution in [2.24, 2.45) is 11.8 Å². The molecule has 2 rings (SSSR count). The van der Waals surface area contributed by atoms with Crippen molar-refractivity contribution in [2.75, 3.05) is 0 Å². The van der Waals surface area contributed by atoms with Crippen LogP contribution in [0.4, 0.5) is 0 Å². The first kappa shape index (κ1) is 21.2. The van der Waals surface area contributed by atoms with Gasteiger partial charge >= 0.3 is 35.3 Å². The number of nitriles is 2. The maximum absolute atomic E-state index is 9.15. The van der Waals surface area contributed by atoms with Gasteiger partial charge in [-0.1, -0.05) is 25.7 Å². The first-order valence-corrected chi connectivity index (χ1v) is 12.7. The van der Waals surface area contributed by atoms with Gasteiger partial charge in [0.1, 0.15) is 0 Å². The Hall–Kier alpha value is 0.168. The Labute approximate surface area is 143 Å². The molecular weight excluding hydrogens is 494 g/mol. The quantitative estimate of drug-likeness (QED) is 0.516. The number of aliphatic hydroxyl groups excluding tert-OH is 2. The molecule has 0 spiro atoms. The van der Waals surface area contributed by atoms with Gasteiger partial charge in [-0.15, -0.1) is 0 Å². The number of halogens is 2. The van der Waals surface area contributed by atoms with E-state index in [-0.39, 0.29) is 24.0 Å². The van der Waals surface area contributed by atoms with E-state index in [1.165, 1.54) is 0 Å². The van der Waals surface area contributed by atoms with Crippen molar-refractivity contribution >= 4 is 18.8 Å². The first-order valence-electron chi connectivity index (χ1n) is 7.08. The summed E-state index contributed by atoms with van der Waals surface area (Å²) in [5.41, 5.74) is 0. The van der Waals surface area contributed by atoms with Gasteiger partial charge in [0, 0.05) is 0 Å². The second-order valence-electron chi connectivity index (χ2n) is 5.22. The molecule has 4 nitrogen and oxygen atoms in total. The molecule has 0 aliphatic heterocycles. The van der Waals surface area contributed by atoms with E-state index in [9.17, 15) is 0 Å². The van der Waals surface area contributed by atoms with Gasteiger partial charge in [0.2, 0.25) is 0 Å². The molecule has 0 amide bonds. The topological polar surface area (TPSA) is 88.0 Å². The van der Waals surface area contributed by atoms with Crippen LogP contribution >= 0.6 is 18.8 Å². The summed E-state index contributed by atoms with van der Waals surface area (Å²) in [6, 6.07) is 4.21. The molecule has 0 heterocycles. The van der Waals surface area contributed by atoms with Crippen LogP contribution < -0.4 is 0 Å². The monoisotopic (exact) mass is 515 g/mol. The van der Waals surface area contributed by atoms with Gasteiger partial charge in [-0.3, -0.25) is 0 Å². The van der Waals surface area contributed by atoms with E-state index in [1.54, 1.807) is 0 Å². The molecule has 2 fully saturated rings. The molecule has 7 heteroatoms. The summed E-state index contributed by atoms with van der Waals surface area (Å²) < 4.78 is 0. The minimum atomic E-state index is -0.472. The van der Waals surface area contributed by atoms with E-state index in [0.29, 0.717) is 0 Å². The molecule has 0 saturated heterocycles. The molecule has 0 bridgehead atoms. The van der Waals surface area contributed by atoms with Gasteiger partial charge in [-0.25, -0.2) is 0 Å². The molecule has 2 aliphatic carbocycles. The number of aliphatic hydroxyl groups is 2. The van der Waals surface area contributed by atoms with Crippen molar-refractivity contribution in [3.05, 3.63) is 0 Å². The Kier molecular flexibility index (Phi) is 13.9. The van der Waals surface area contributed by atoms with Gasteiger partial charge in [0.05, 0.1) is 36.2 Å². The van der Waals surface area contributed by atoms with E-state index in [4.69, 9.17) is 39.6 Å². The van der Waals surface area contributed by atoms with Crippen LogP contribution in [0.2, 0.25) is 0 Å². The fourth-order valence-corrected chi connectivity index (χ4v) is 2.52. The van der Waals surface area contributed by atoms with Gasteiger partial charge in [0.25, 0.3) is 0 Å². The fourth-order valence-electron chi connectivity index (χ4n) is 2.52. The van der Waals surface area contributed by atoms with Crippen molar-refractivity contribution < 1.29 is 26.7 Å². The van der Waals surface area contributed by atoms with Crippen molar-refractivity contribution in [1.29, 1.82) is 10.5 Å². The Morgan fingerprint density at radius 1 is 0.762 bits per heavy atom. The summed E-state index contributed by atoms with van der Waals surface area (Å²) >= 11 is -0.472. The third-order valence-corrected chi connectivity index (χ3v) is 3.79. The van der Waals surface area contributed by atoms with Crippen LogP contribution in [0.5, 0.6) is 0 Å². The summed E-state index contributed by atoms with van der Waals surface area (Å²) in [6.07, 6.45) is 7.10.